The molecule has 0 aliphatic carbocycles. The molecule has 0 aliphatic heterocycles. The number of fused-ring (bicyclic) bond motifs is 1. The van der Waals surface area contributed by atoms with Crippen molar-refractivity contribution in [2.75, 3.05) is 5.32 Å². The maximum atomic E-state index is 13.4. The standard InChI is InChI=1S/C24H25ClN6O4/c1-14(2)30-13-26-19-11-18(8-9-20(19)30)27-22-28-23(34)31(15(3)10-21(32)33)24(35)29(22)12-16-4-6-17(25)7-5-16/h4-9,11,13-15H,10,12H2,1-3H3,(H,32,33)(H,27,28,34)/t15-/m0/s1. The number of benzene rings is 2. The fraction of sp³-hybridized carbons (Fsp3) is 0.292. The Morgan fingerprint density at radius 1 is 1.11 bits per heavy atom. The summed E-state index contributed by atoms with van der Waals surface area (Å²) in [5.41, 5.74) is 1.56. The summed E-state index contributed by atoms with van der Waals surface area (Å²) in [4.78, 5) is 45.9. The van der Waals surface area contributed by atoms with Crippen LogP contribution < -0.4 is 16.7 Å². The molecule has 2 N–H and O–H groups in total. The van der Waals surface area contributed by atoms with Gasteiger partial charge in [-0.2, -0.15) is 4.98 Å². The Kier molecular flexibility index (Phi) is 6.74. The van der Waals surface area contributed by atoms with E-state index < -0.39 is 23.4 Å². The summed E-state index contributed by atoms with van der Waals surface area (Å²) in [5, 5.41) is 12.8. The molecule has 2 aromatic heterocycles. The molecule has 0 spiro atoms. The number of hydrogen-bond donors (Lipinski definition) is 2. The van der Waals surface area contributed by atoms with Crippen LogP contribution in [0.2, 0.25) is 5.02 Å². The van der Waals surface area contributed by atoms with Crippen LogP contribution in [0.3, 0.4) is 0 Å². The van der Waals surface area contributed by atoms with E-state index in [0.29, 0.717) is 10.7 Å². The molecule has 11 heteroatoms. The number of nitrogens with one attached hydrogen (secondary N) is 1. The third-order valence-electron chi connectivity index (χ3n) is 5.65. The predicted molar refractivity (Wildman–Crippen MR) is 134 cm³/mol. The molecule has 0 bridgehead atoms. The Balaban J connectivity index is 1.79. The molecule has 0 aliphatic rings. The topological polar surface area (TPSA) is 124 Å². The number of carbonyl (C=O) groups is 1. The van der Waals surface area contributed by atoms with Crippen molar-refractivity contribution in [1.82, 2.24) is 23.7 Å². The molecule has 2 heterocycles. The molecule has 4 rings (SSSR count). The Labute approximate surface area is 205 Å². The Bertz CT molecular complexity index is 1500. The van der Waals surface area contributed by atoms with E-state index in [2.05, 4.69) is 29.1 Å². The van der Waals surface area contributed by atoms with Crippen LogP contribution in [0.5, 0.6) is 0 Å². The van der Waals surface area contributed by atoms with Gasteiger partial charge in [-0.15, -0.1) is 0 Å². The summed E-state index contributed by atoms with van der Waals surface area (Å²) in [6.07, 6.45) is 1.37. The zero-order chi connectivity index (χ0) is 25.3. The minimum atomic E-state index is -1.12. The second-order valence-corrected chi connectivity index (χ2v) is 9.04. The molecule has 35 heavy (non-hydrogen) atoms. The summed E-state index contributed by atoms with van der Waals surface area (Å²) >= 11 is 5.99. The van der Waals surface area contributed by atoms with Crippen molar-refractivity contribution >= 4 is 40.2 Å². The van der Waals surface area contributed by atoms with Crippen LogP contribution >= 0.6 is 11.6 Å². The predicted octanol–water partition coefficient (Wildman–Crippen LogP) is 3.82. The van der Waals surface area contributed by atoms with Gasteiger partial charge in [0.15, 0.2) is 0 Å². The molecular formula is C24H25ClN6O4. The van der Waals surface area contributed by atoms with Gasteiger partial charge in [-0.25, -0.2) is 19.1 Å². The van der Waals surface area contributed by atoms with Crippen molar-refractivity contribution in [3.63, 3.8) is 0 Å². The van der Waals surface area contributed by atoms with Crippen LogP contribution in [0.1, 0.15) is 44.8 Å². The average molecular weight is 497 g/mol. The molecule has 0 saturated heterocycles. The fourth-order valence-electron chi connectivity index (χ4n) is 3.89. The number of rotatable bonds is 8. The van der Waals surface area contributed by atoms with Gasteiger partial charge in [0, 0.05) is 16.8 Å². The lowest BCUT2D eigenvalue weighted by molar-refractivity contribution is -0.137. The van der Waals surface area contributed by atoms with E-state index in [1.165, 1.54) is 11.5 Å². The lowest BCUT2D eigenvalue weighted by Gasteiger charge is -2.18. The maximum absolute atomic E-state index is 13.4. The summed E-state index contributed by atoms with van der Waals surface area (Å²) < 4.78 is 4.21. The number of anilines is 2. The molecule has 4 aromatic rings. The van der Waals surface area contributed by atoms with Gasteiger partial charge >= 0.3 is 17.3 Å². The first-order chi connectivity index (χ1) is 16.6. The number of carboxylic acid groups (broad SMARTS) is 1. The third kappa shape index (κ3) is 5.12. The van der Waals surface area contributed by atoms with Crippen LogP contribution in [-0.4, -0.2) is 34.7 Å². The van der Waals surface area contributed by atoms with Crippen molar-refractivity contribution in [1.29, 1.82) is 0 Å². The first-order valence-corrected chi connectivity index (χ1v) is 11.4. The monoisotopic (exact) mass is 496 g/mol. The number of aliphatic carboxylic acids is 1. The van der Waals surface area contributed by atoms with Crippen LogP contribution in [0.15, 0.2) is 58.4 Å². The van der Waals surface area contributed by atoms with Crippen LogP contribution in [0.4, 0.5) is 11.6 Å². The third-order valence-corrected chi connectivity index (χ3v) is 5.90. The van der Waals surface area contributed by atoms with Gasteiger partial charge in [0.05, 0.1) is 36.4 Å². The minimum Gasteiger partial charge on any atom is -0.481 e. The molecule has 0 radical (unpaired) electrons. The number of nitrogens with zero attached hydrogens (tertiary/aromatic N) is 5. The zero-order valence-electron chi connectivity index (χ0n) is 19.5. The SMILES string of the molecule is CC(C)n1cnc2cc(Nc3nc(=O)n([C@@H](C)CC(=O)O)c(=O)n3Cc3ccc(Cl)cc3)ccc21. The number of halogens is 1. The summed E-state index contributed by atoms with van der Waals surface area (Å²) in [6, 6.07) is 11.8. The highest BCUT2D eigenvalue weighted by Crippen LogP contribution is 2.23. The molecule has 0 unspecified atom stereocenters. The maximum Gasteiger partial charge on any atom is 0.355 e. The number of hydrogen-bond acceptors (Lipinski definition) is 6. The molecule has 2 aromatic carbocycles. The van der Waals surface area contributed by atoms with Crippen molar-refractivity contribution in [3.8, 4) is 0 Å². The number of imidazole rings is 1. The molecule has 0 amide bonds. The Morgan fingerprint density at radius 3 is 2.49 bits per heavy atom. The average Bonchev–Trinajstić information content (AvgIpc) is 3.21. The van der Waals surface area contributed by atoms with Crippen molar-refractivity contribution in [3.05, 3.63) is 80.3 Å². The van der Waals surface area contributed by atoms with Gasteiger partial charge in [0.25, 0.3) is 0 Å². The van der Waals surface area contributed by atoms with Gasteiger partial charge in [-0.1, -0.05) is 23.7 Å². The lowest BCUT2D eigenvalue weighted by atomic mass is 10.2. The largest absolute Gasteiger partial charge is 0.481 e. The molecule has 182 valence electrons. The molecule has 0 fully saturated rings. The van der Waals surface area contributed by atoms with Gasteiger partial charge in [-0.05, 0) is 56.7 Å². The van der Waals surface area contributed by atoms with Gasteiger partial charge in [-0.3, -0.25) is 9.36 Å². The van der Waals surface area contributed by atoms with E-state index in [9.17, 15) is 14.4 Å². The lowest BCUT2D eigenvalue weighted by Crippen LogP contribution is -2.44. The van der Waals surface area contributed by atoms with E-state index in [4.69, 9.17) is 16.7 Å². The Hall–Kier alpha value is -3.92. The quantitative estimate of drug-likeness (QED) is 0.380. The minimum absolute atomic E-state index is 0.0383. The van der Waals surface area contributed by atoms with Gasteiger partial charge in [0.2, 0.25) is 5.95 Å². The first kappa shape index (κ1) is 24.2. The molecule has 1 atom stereocenters. The van der Waals surface area contributed by atoms with Gasteiger partial charge in [0.1, 0.15) is 0 Å². The molecule has 10 nitrogen and oxygen atoms in total. The molecule has 0 saturated carbocycles. The molecular weight excluding hydrogens is 472 g/mol. The van der Waals surface area contributed by atoms with E-state index in [1.54, 1.807) is 30.6 Å². The van der Waals surface area contributed by atoms with Crippen LogP contribution in [-0.2, 0) is 11.3 Å². The van der Waals surface area contributed by atoms with Crippen LogP contribution in [0, 0.1) is 0 Å². The highest BCUT2D eigenvalue weighted by molar-refractivity contribution is 6.30. The Morgan fingerprint density at radius 2 is 1.83 bits per heavy atom. The van der Waals surface area contributed by atoms with Gasteiger partial charge < -0.3 is 15.0 Å². The summed E-state index contributed by atoms with van der Waals surface area (Å²) in [5.74, 6) is -1.08. The zero-order valence-corrected chi connectivity index (χ0v) is 20.2. The second kappa shape index (κ2) is 9.75. The van der Waals surface area contributed by atoms with Crippen molar-refractivity contribution in [2.24, 2.45) is 0 Å². The van der Waals surface area contributed by atoms with E-state index in [-0.39, 0.29) is 25.0 Å². The van der Waals surface area contributed by atoms with E-state index in [1.807, 2.05) is 22.8 Å². The second-order valence-electron chi connectivity index (χ2n) is 8.60. The highest BCUT2D eigenvalue weighted by Gasteiger charge is 2.20. The smallest absolute Gasteiger partial charge is 0.355 e. The number of carboxylic acids is 1. The fourth-order valence-corrected chi connectivity index (χ4v) is 4.01. The summed E-state index contributed by atoms with van der Waals surface area (Å²) in [6.45, 7) is 5.72. The van der Waals surface area contributed by atoms with E-state index >= 15 is 0 Å². The highest BCUT2D eigenvalue weighted by atomic mass is 35.5. The van der Waals surface area contributed by atoms with E-state index in [0.717, 1.165) is 21.2 Å². The van der Waals surface area contributed by atoms with Crippen molar-refractivity contribution in [2.45, 2.75) is 45.8 Å². The normalized spacial score (nSPS) is 12.3. The van der Waals surface area contributed by atoms with Crippen molar-refractivity contribution < 1.29 is 9.90 Å². The van der Waals surface area contributed by atoms with Crippen LogP contribution in [0.25, 0.3) is 11.0 Å². The first-order valence-electron chi connectivity index (χ1n) is 11.1. The summed E-state index contributed by atoms with van der Waals surface area (Å²) in [7, 11) is 0. The number of aromatic nitrogens is 5.